The molecule has 0 radical (unpaired) electrons. The van der Waals surface area contributed by atoms with Crippen LogP contribution in [-0.4, -0.2) is 17.4 Å². The van der Waals surface area contributed by atoms with Gasteiger partial charge in [0.1, 0.15) is 0 Å². The first kappa shape index (κ1) is 14.2. The van der Waals surface area contributed by atoms with E-state index in [9.17, 15) is 13.2 Å². The highest BCUT2D eigenvalue weighted by atomic mass is 19.4. The second-order valence-electron chi connectivity index (χ2n) is 3.82. The van der Waals surface area contributed by atoms with E-state index < -0.39 is 12.3 Å². The summed E-state index contributed by atoms with van der Waals surface area (Å²) in [4.78, 5) is 0. The Morgan fingerprint density at radius 1 is 1.27 bits per heavy atom. The maximum Gasteiger partial charge on any atom is 0.417 e. The number of halogens is 3. The van der Waals surface area contributed by atoms with Gasteiger partial charge in [0.25, 0.3) is 0 Å². The highest BCUT2D eigenvalue weighted by molar-refractivity contribution is 5.06. The van der Waals surface area contributed by atoms with Gasteiger partial charge < -0.3 is 5.11 Å². The minimum absolute atomic E-state index is 0.540. The molecule has 1 atom stereocenters. The molecular formula is C11H17F3O. The molecule has 0 saturated heterocycles. The van der Waals surface area contributed by atoms with Crippen LogP contribution in [0.25, 0.3) is 0 Å². The molecule has 0 aliphatic rings. The summed E-state index contributed by atoms with van der Waals surface area (Å²) >= 11 is 0. The summed E-state index contributed by atoms with van der Waals surface area (Å²) in [5.74, 6) is 0. The van der Waals surface area contributed by atoms with Gasteiger partial charge in [0.2, 0.25) is 0 Å². The zero-order valence-corrected chi connectivity index (χ0v) is 9.23. The fourth-order valence-electron chi connectivity index (χ4n) is 1.04. The highest BCUT2D eigenvalue weighted by Crippen LogP contribution is 2.22. The van der Waals surface area contributed by atoms with Crippen molar-refractivity contribution in [1.29, 1.82) is 0 Å². The first-order valence-electron chi connectivity index (χ1n) is 4.79. The lowest BCUT2D eigenvalue weighted by atomic mass is 10.1. The quantitative estimate of drug-likeness (QED) is 0.720. The SMILES string of the molecule is CC(C)=CCCC(C)=CC(O)C(F)(F)F. The van der Waals surface area contributed by atoms with Crippen molar-refractivity contribution in [3.8, 4) is 0 Å². The smallest absolute Gasteiger partial charge is 0.380 e. The standard InChI is InChI=1S/C11H17F3O/c1-8(2)5-4-6-9(3)7-10(15)11(12,13)14/h5,7,10,15H,4,6H2,1-3H3. The van der Waals surface area contributed by atoms with Crippen molar-refractivity contribution in [2.45, 2.75) is 45.9 Å². The Bertz CT molecular complexity index is 247. The average molecular weight is 222 g/mol. The maximum atomic E-state index is 12.0. The third-order valence-corrected chi connectivity index (χ3v) is 1.87. The topological polar surface area (TPSA) is 20.2 Å². The van der Waals surface area contributed by atoms with Gasteiger partial charge in [-0.15, -0.1) is 0 Å². The number of hydrogen-bond acceptors (Lipinski definition) is 1. The summed E-state index contributed by atoms with van der Waals surface area (Å²) in [5.41, 5.74) is 1.69. The van der Waals surface area contributed by atoms with Crippen LogP contribution in [-0.2, 0) is 0 Å². The molecule has 0 saturated carbocycles. The van der Waals surface area contributed by atoms with Gasteiger partial charge in [-0.1, -0.05) is 17.2 Å². The molecule has 0 rings (SSSR count). The molecule has 15 heavy (non-hydrogen) atoms. The Kier molecular flexibility index (Phi) is 5.65. The van der Waals surface area contributed by atoms with E-state index in [-0.39, 0.29) is 0 Å². The van der Waals surface area contributed by atoms with Gasteiger partial charge in [-0.25, -0.2) is 0 Å². The van der Waals surface area contributed by atoms with E-state index in [4.69, 9.17) is 5.11 Å². The Labute approximate surface area is 88.3 Å². The predicted octanol–water partition coefficient (Wildman–Crippen LogP) is 3.60. The summed E-state index contributed by atoms with van der Waals surface area (Å²) in [6.07, 6.45) is -2.84. The molecule has 0 aliphatic heterocycles. The second-order valence-corrected chi connectivity index (χ2v) is 3.82. The Morgan fingerprint density at radius 3 is 2.20 bits per heavy atom. The van der Waals surface area contributed by atoms with Crippen molar-refractivity contribution < 1.29 is 18.3 Å². The molecule has 4 heteroatoms. The highest BCUT2D eigenvalue weighted by Gasteiger charge is 2.36. The number of aliphatic hydroxyl groups excluding tert-OH is 1. The molecule has 1 unspecified atom stereocenters. The minimum atomic E-state index is -4.56. The van der Waals surface area contributed by atoms with Crippen LogP contribution in [0.1, 0.15) is 33.6 Å². The average Bonchev–Trinajstić information content (AvgIpc) is 2.01. The van der Waals surface area contributed by atoms with E-state index in [0.29, 0.717) is 18.4 Å². The van der Waals surface area contributed by atoms with Crippen LogP contribution in [0.2, 0.25) is 0 Å². The molecule has 1 nitrogen and oxygen atoms in total. The lowest BCUT2D eigenvalue weighted by Crippen LogP contribution is -2.26. The largest absolute Gasteiger partial charge is 0.417 e. The molecule has 0 spiro atoms. The van der Waals surface area contributed by atoms with E-state index in [0.717, 1.165) is 11.6 Å². The predicted molar refractivity (Wildman–Crippen MR) is 54.5 cm³/mol. The van der Waals surface area contributed by atoms with E-state index in [2.05, 4.69) is 0 Å². The van der Waals surface area contributed by atoms with Crippen LogP contribution in [0.3, 0.4) is 0 Å². The molecule has 0 aliphatic carbocycles. The summed E-state index contributed by atoms with van der Waals surface area (Å²) in [7, 11) is 0. The number of aliphatic hydroxyl groups is 1. The number of allylic oxidation sites excluding steroid dienone is 3. The van der Waals surface area contributed by atoms with E-state index >= 15 is 0 Å². The van der Waals surface area contributed by atoms with Crippen molar-refractivity contribution in [2.24, 2.45) is 0 Å². The Hall–Kier alpha value is -0.770. The maximum absolute atomic E-state index is 12.0. The molecule has 0 aromatic rings. The normalized spacial score (nSPS) is 15.0. The molecule has 88 valence electrons. The lowest BCUT2D eigenvalue weighted by Gasteiger charge is -2.11. The van der Waals surface area contributed by atoms with Gasteiger partial charge in [-0.2, -0.15) is 13.2 Å². The number of rotatable bonds is 4. The van der Waals surface area contributed by atoms with E-state index in [1.54, 1.807) is 6.92 Å². The van der Waals surface area contributed by atoms with Crippen LogP contribution in [0.4, 0.5) is 13.2 Å². The first-order valence-corrected chi connectivity index (χ1v) is 4.79. The van der Waals surface area contributed by atoms with Crippen molar-refractivity contribution in [3.05, 3.63) is 23.3 Å². The lowest BCUT2D eigenvalue weighted by molar-refractivity contribution is -0.188. The van der Waals surface area contributed by atoms with Gasteiger partial charge in [-0.05, 0) is 39.7 Å². The molecular weight excluding hydrogens is 205 g/mol. The molecule has 0 amide bonds. The third kappa shape index (κ3) is 7.19. The zero-order chi connectivity index (χ0) is 12.1. The minimum Gasteiger partial charge on any atom is -0.380 e. The van der Waals surface area contributed by atoms with Gasteiger partial charge in [0.15, 0.2) is 6.10 Å². The second kappa shape index (κ2) is 5.95. The summed E-state index contributed by atoms with van der Waals surface area (Å²) < 4.78 is 35.9. The Morgan fingerprint density at radius 2 is 1.80 bits per heavy atom. The monoisotopic (exact) mass is 222 g/mol. The van der Waals surface area contributed by atoms with Crippen LogP contribution < -0.4 is 0 Å². The van der Waals surface area contributed by atoms with Crippen molar-refractivity contribution in [1.82, 2.24) is 0 Å². The molecule has 1 N–H and O–H groups in total. The molecule has 0 bridgehead atoms. The van der Waals surface area contributed by atoms with Crippen LogP contribution in [0, 0.1) is 0 Å². The van der Waals surface area contributed by atoms with Crippen molar-refractivity contribution in [3.63, 3.8) is 0 Å². The summed E-state index contributed by atoms with van der Waals surface area (Å²) in [5, 5.41) is 8.75. The van der Waals surface area contributed by atoms with E-state index in [1.165, 1.54) is 0 Å². The fourth-order valence-corrected chi connectivity index (χ4v) is 1.04. The third-order valence-electron chi connectivity index (χ3n) is 1.87. The molecule has 0 heterocycles. The van der Waals surface area contributed by atoms with Crippen LogP contribution in [0.5, 0.6) is 0 Å². The van der Waals surface area contributed by atoms with E-state index in [1.807, 2.05) is 19.9 Å². The number of alkyl halides is 3. The zero-order valence-electron chi connectivity index (χ0n) is 9.23. The molecule has 0 aromatic carbocycles. The van der Waals surface area contributed by atoms with Crippen LogP contribution >= 0.6 is 0 Å². The van der Waals surface area contributed by atoms with Gasteiger partial charge >= 0.3 is 6.18 Å². The van der Waals surface area contributed by atoms with Gasteiger partial charge in [0, 0.05) is 0 Å². The summed E-state index contributed by atoms with van der Waals surface area (Å²) in [6, 6.07) is 0. The fraction of sp³-hybridized carbons (Fsp3) is 0.636. The van der Waals surface area contributed by atoms with Gasteiger partial charge in [-0.3, -0.25) is 0 Å². The Balaban J connectivity index is 4.15. The van der Waals surface area contributed by atoms with Gasteiger partial charge in [0.05, 0.1) is 0 Å². The molecule has 0 aromatic heterocycles. The number of hydrogen-bond donors (Lipinski definition) is 1. The molecule has 0 fully saturated rings. The van der Waals surface area contributed by atoms with Crippen molar-refractivity contribution >= 4 is 0 Å². The first-order chi connectivity index (χ1) is 6.73. The summed E-state index contributed by atoms with van der Waals surface area (Å²) in [6.45, 7) is 5.46. The van der Waals surface area contributed by atoms with Crippen molar-refractivity contribution in [2.75, 3.05) is 0 Å². The van der Waals surface area contributed by atoms with Crippen LogP contribution in [0.15, 0.2) is 23.3 Å².